The van der Waals surface area contributed by atoms with E-state index in [1.54, 1.807) is 30.3 Å². The molecule has 20 heavy (non-hydrogen) atoms. The molecule has 0 aliphatic heterocycles. The summed E-state index contributed by atoms with van der Waals surface area (Å²) in [6.45, 7) is -0.208. The first kappa shape index (κ1) is 14.4. The van der Waals surface area contributed by atoms with Crippen molar-refractivity contribution in [3.05, 3.63) is 64.6 Å². The lowest BCUT2D eigenvalue weighted by molar-refractivity contribution is 0.182. The smallest absolute Gasteiger partial charge is 0.246 e. The zero-order chi connectivity index (χ0) is 14.6. The maximum Gasteiger partial charge on any atom is 0.246 e. The Morgan fingerprint density at radius 1 is 1.20 bits per heavy atom. The molecular weight excluding hydrogens is 280 g/mol. The Balaban J connectivity index is 2.11. The first-order valence-corrected chi connectivity index (χ1v) is 7.39. The van der Waals surface area contributed by atoms with Crippen molar-refractivity contribution in [3.63, 3.8) is 0 Å². The second-order valence-corrected chi connectivity index (χ2v) is 5.89. The van der Waals surface area contributed by atoms with Crippen LogP contribution in [0.15, 0.2) is 58.5 Å². The predicted molar refractivity (Wildman–Crippen MR) is 73.7 cm³/mol. The molecule has 0 aliphatic rings. The Morgan fingerprint density at radius 2 is 1.90 bits per heavy atom. The molecule has 106 valence electrons. The molecule has 0 fully saturated rings. The van der Waals surface area contributed by atoms with Crippen LogP contribution < -0.4 is 10.2 Å². The fourth-order valence-corrected chi connectivity index (χ4v) is 2.76. The van der Waals surface area contributed by atoms with Crippen molar-refractivity contribution >= 4 is 10.0 Å². The molecule has 3 N–H and O–H groups in total. The van der Waals surface area contributed by atoms with Gasteiger partial charge < -0.3 is 10.1 Å². The van der Waals surface area contributed by atoms with Gasteiger partial charge in [-0.25, -0.2) is 13.1 Å². The molecule has 6 nitrogen and oxygen atoms in total. The average Bonchev–Trinajstić information content (AvgIpc) is 2.46. The summed E-state index contributed by atoms with van der Waals surface area (Å²) in [4.78, 5) is 13.6. The van der Waals surface area contributed by atoms with E-state index in [0.29, 0.717) is 5.56 Å². The van der Waals surface area contributed by atoms with Crippen LogP contribution >= 0.6 is 0 Å². The van der Waals surface area contributed by atoms with Crippen LogP contribution in [-0.2, 0) is 10.0 Å². The monoisotopic (exact) mass is 294 g/mol. The third kappa shape index (κ3) is 3.32. The fourth-order valence-electron chi connectivity index (χ4n) is 1.67. The summed E-state index contributed by atoms with van der Waals surface area (Å²) in [6, 6.07) is 9.79. The van der Waals surface area contributed by atoms with Gasteiger partial charge in [0.1, 0.15) is 4.90 Å². The normalized spacial score (nSPS) is 13.1. The number of aromatic amines is 1. The summed E-state index contributed by atoms with van der Waals surface area (Å²) in [6.07, 6.45) is 1.48. The molecule has 0 radical (unpaired) electrons. The Morgan fingerprint density at radius 3 is 2.55 bits per heavy atom. The zero-order valence-corrected chi connectivity index (χ0v) is 11.3. The van der Waals surface area contributed by atoms with Crippen LogP contribution in [0, 0.1) is 0 Å². The number of hydrogen-bond donors (Lipinski definition) is 3. The molecule has 7 heteroatoms. The highest BCUT2D eigenvalue weighted by Gasteiger charge is 2.19. The van der Waals surface area contributed by atoms with Crippen molar-refractivity contribution in [1.82, 2.24) is 9.71 Å². The van der Waals surface area contributed by atoms with Crippen LogP contribution in [-0.4, -0.2) is 25.1 Å². The Labute approximate surface area is 116 Å². The Kier molecular flexibility index (Phi) is 4.33. The number of rotatable bonds is 5. The van der Waals surface area contributed by atoms with Gasteiger partial charge in [-0.15, -0.1) is 0 Å². The molecule has 2 rings (SSSR count). The third-order valence-corrected chi connectivity index (χ3v) is 4.17. The molecule has 1 atom stereocenters. The molecule has 0 amide bonds. The molecule has 0 saturated heterocycles. The number of aliphatic hydroxyl groups excluding tert-OH is 1. The second-order valence-electron chi connectivity index (χ2n) is 4.15. The number of nitrogens with one attached hydrogen (secondary N) is 2. The van der Waals surface area contributed by atoms with Crippen molar-refractivity contribution in [2.24, 2.45) is 0 Å². The van der Waals surface area contributed by atoms with Crippen LogP contribution in [0.4, 0.5) is 0 Å². The Hall–Kier alpha value is -1.96. The molecular formula is C13H14N2O4S. The van der Waals surface area contributed by atoms with Crippen molar-refractivity contribution in [2.45, 2.75) is 11.0 Å². The molecule has 1 unspecified atom stereocenters. The van der Waals surface area contributed by atoms with Gasteiger partial charge in [0.15, 0.2) is 0 Å². The predicted octanol–water partition coefficient (Wildman–Crippen LogP) is 0.387. The van der Waals surface area contributed by atoms with Crippen molar-refractivity contribution in [1.29, 1.82) is 0 Å². The summed E-state index contributed by atoms with van der Waals surface area (Å²) in [5.41, 5.74) is -0.0115. The molecule has 1 aromatic carbocycles. The quantitative estimate of drug-likeness (QED) is 0.742. The number of benzene rings is 1. The highest BCUT2D eigenvalue weighted by atomic mass is 32.2. The summed E-state index contributed by atoms with van der Waals surface area (Å²) < 4.78 is 26.1. The standard InChI is InChI=1S/C13H14N2O4S/c16-11-6-7-14-9-13(11)20(18,19)15-8-12(17)10-4-2-1-3-5-10/h1-7,9,12,15,17H,8H2,(H,14,16). The van der Waals surface area contributed by atoms with E-state index in [0.717, 1.165) is 12.3 Å². The number of sulfonamides is 1. The molecule has 0 saturated carbocycles. The molecule has 0 bridgehead atoms. The van der Waals surface area contributed by atoms with E-state index in [1.165, 1.54) is 6.20 Å². The fraction of sp³-hybridized carbons (Fsp3) is 0.154. The van der Waals surface area contributed by atoms with Crippen LogP contribution in [0.2, 0.25) is 0 Å². The van der Waals surface area contributed by atoms with Crippen molar-refractivity contribution in [3.8, 4) is 0 Å². The summed E-state index contributed by atoms with van der Waals surface area (Å²) in [7, 11) is -3.95. The highest BCUT2D eigenvalue weighted by molar-refractivity contribution is 7.89. The van der Waals surface area contributed by atoms with Gasteiger partial charge in [0.2, 0.25) is 15.5 Å². The lowest BCUT2D eigenvalue weighted by Crippen LogP contribution is -2.31. The van der Waals surface area contributed by atoms with Gasteiger partial charge in [-0.1, -0.05) is 30.3 Å². The first-order chi connectivity index (χ1) is 9.50. The van der Waals surface area contributed by atoms with Gasteiger partial charge in [0.25, 0.3) is 0 Å². The number of aliphatic hydroxyl groups is 1. The topological polar surface area (TPSA) is 99.3 Å². The van der Waals surface area contributed by atoms with Crippen LogP contribution in [0.5, 0.6) is 0 Å². The van der Waals surface area contributed by atoms with Gasteiger partial charge >= 0.3 is 0 Å². The second kappa shape index (κ2) is 6.00. The van der Waals surface area contributed by atoms with Crippen LogP contribution in [0.1, 0.15) is 11.7 Å². The van der Waals surface area contributed by atoms with Gasteiger partial charge in [0, 0.05) is 25.0 Å². The lowest BCUT2D eigenvalue weighted by Gasteiger charge is -2.12. The number of H-pyrrole nitrogens is 1. The van der Waals surface area contributed by atoms with Gasteiger partial charge in [0.05, 0.1) is 6.10 Å². The Bertz CT molecular complexity index is 725. The van der Waals surface area contributed by atoms with E-state index in [9.17, 15) is 18.3 Å². The minimum Gasteiger partial charge on any atom is -0.387 e. The van der Waals surface area contributed by atoms with E-state index in [-0.39, 0.29) is 11.4 Å². The van der Waals surface area contributed by atoms with E-state index in [4.69, 9.17) is 0 Å². The maximum absolute atomic E-state index is 11.9. The van der Waals surface area contributed by atoms with Gasteiger partial charge in [-0.05, 0) is 5.56 Å². The number of aromatic nitrogens is 1. The average molecular weight is 294 g/mol. The largest absolute Gasteiger partial charge is 0.387 e. The van der Waals surface area contributed by atoms with E-state index in [1.807, 2.05) is 0 Å². The van der Waals surface area contributed by atoms with Gasteiger partial charge in [-0.2, -0.15) is 0 Å². The minimum absolute atomic E-state index is 0.208. The zero-order valence-electron chi connectivity index (χ0n) is 10.5. The van der Waals surface area contributed by atoms with E-state index >= 15 is 0 Å². The van der Waals surface area contributed by atoms with E-state index in [2.05, 4.69) is 9.71 Å². The minimum atomic E-state index is -3.95. The number of pyridine rings is 1. The molecule has 0 aliphatic carbocycles. The highest BCUT2D eigenvalue weighted by Crippen LogP contribution is 2.11. The van der Waals surface area contributed by atoms with E-state index < -0.39 is 21.6 Å². The molecule has 1 aromatic heterocycles. The molecule has 1 heterocycles. The first-order valence-electron chi connectivity index (χ1n) is 5.90. The lowest BCUT2D eigenvalue weighted by atomic mass is 10.1. The summed E-state index contributed by atoms with van der Waals surface area (Å²) >= 11 is 0. The van der Waals surface area contributed by atoms with Crippen molar-refractivity contribution < 1.29 is 13.5 Å². The summed E-state index contributed by atoms with van der Waals surface area (Å²) in [5.74, 6) is 0. The maximum atomic E-state index is 11.9. The van der Waals surface area contributed by atoms with Crippen LogP contribution in [0.3, 0.4) is 0 Å². The SMILES string of the molecule is O=c1cc[nH]cc1S(=O)(=O)NCC(O)c1ccccc1. The van der Waals surface area contributed by atoms with Crippen LogP contribution in [0.25, 0.3) is 0 Å². The number of hydrogen-bond acceptors (Lipinski definition) is 4. The molecule has 2 aromatic rings. The third-order valence-electron chi connectivity index (χ3n) is 2.73. The summed E-state index contributed by atoms with van der Waals surface area (Å²) in [5, 5.41) is 9.89. The van der Waals surface area contributed by atoms with Crippen molar-refractivity contribution in [2.75, 3.05) is 6.54 Å². The molecule has 0 spiro atoms. The van der Waals surface area contributed by atoms with Gasteiger partial charge in [-0.3, -0.25) is 4.79 Å².